The van der Waals surface area contributed by atoms with E-state index in [4.69, 9.17) is 11.6 Å². The number of benzene rings is 2. The van der Waals surface area contributed by atoms with Crippen LogP contribution in [0.5, 0.6) is 0 Å². The fourth-order valence-corrected chi connectivity index (χ4v) is 2.87. The van der Waals surface area contributed by atoms with Crippen molar-refractivity contribution in [2.75, 3.05) is 5.32 Å². The van der Waals surface area contributed by atoms with Crippen molar-refractivity contribution >= 4 is 29.0 Å². The van der Waals surface area contributed by atoms with Crippen molar-refractivity contribution in [2.45, 2.75) is 12.5 Å². The van der Waals surface area contributed by atoms with E-state index in [1.165, 1.54) is 0 Å². The second-order valence-corrected chi connectivity index (χ2v) is 5.80. The van der Waals surface area contributed by atoms with Gasteiger partial charge in [0.15, 0.2) is 11.4 Å². The zero-order valence-corrected chi connectivity index (χ0v) is 12.6. The molecule has 112 valence electrons. The second-order valence-electron chi connectivity index (χ2n) is 5.36. The molecule has 2 aromatic rings. The maximum atomic E-state index is 12.6. The predicted octanol–water partition coefficient (Wildman–Crippen LogP) is 3.00. The number of rotatable bonds is 3. The van der Waals surface area contributed by atoms with Crippen molar-refractivity contribution in [3.63, 3.8) is 0 Å². The molecule has 2 N–H and O–H groups in total. The van der Waals surface area contributed by atoms with Gasteiger partial charge >= 0.3 is 0 Å². The number of hydrogen-bond acceptors (Lipinski definition) is 3. The van der Waals surface area contributed by atoms with Crippen molar-refractivity contribution in [3.8, 4) is 0 Å². The number of aliphatic hydroxyl groups is 1. The van der Waals surface area contributed by atoms with Gasteiger partial charge < -0.3 is 10.4 Å². The molecule has 2 aromatic carbocycles. The lowest BCUT2D eigenvalue weighted by molar-refractivity contribution is -0.137. The zero-order valence-electron chi connectivity index (χ0n) is 11.8. The maximum absolute atomic E-state index is 12.6. The third-order valence-corrected chi connectivity index (χ3v) is 4.33. The molecule has 0 saturated carbocycles. The highest BCUT2D eigenvalue weighted by Gasteiger charge is 2.51. The summed E-state index contributed by atoms with van der Waals surface area (Å²) in [6, 6.07) is 13.2. The number of amides is 1. The van der Waals surface area contributed by atoms with E-state index in [1.54, 1.807) is 55.5 Å². The molecule has 1 amide bonds. The molecule has 0 spiro atoms. The molecular formula is C17H14ClNO3. The van der Waals surface area contributed by atoms with Crippen LogP contribution in [0, 0.1) is 5.92 Å². The highest BCUT2D eigenvalue weighted by molar-refractivity contribution is 6.30. The highest BCUT2D eigenvalue weighted by Crippen LogP contribution is 2.41. The summed E-state index contributed by atoms with van der Waals surface area (Å²) in [5.74, 6) is -1.81. The number of hydrogen-bond donors (Lipinski definition) is 2. The van der Waals surface area contributed by atoms with E-state index in [9.17, 15) is 14.7 Å². The Kier molecular flexibility index (Phi) is 3.51. The number of anilines is 1. The van der Waals surface area contributed by atoms with Gasteiger partial charge in [0.2, 0.25) is 0 Å². The topological polar surface area (TPSA) is 66.4 Å². The van der Waals surface area contributed by atoms with Crippen LogP contribution in [0.1, 0.15) is 22.8 Å². The molecule has 22 heavy (non-hydrogen) atoms. The molecule has 0 saturated heterocycles. The molecule has 3 rings (SSSR count). The van der Waals surface area contributed by atoms with E-state index in [2.05, 4.69) is 5.32 Å². The van der Waals surface area contributed by atoms with Crippen LogP contribution in [0.25, 0.3) is 0 Å². The molecule has 0 aliphatic carbocycles. The van der Waals surface area contributed by atoms with Crippen molar-refractivity contribution in [1.82, 2.24) is 0 Å². The fourth-order valence-electron chi connectivity index (χ4n) is 2.75. The summed E-state index contributed by atoms with van der Waals surface area (Å²) < 4.78 is 0. The predicted molar refractivity (Wildman–Crippen MR) is 83.9 cm³/mol. The standard InChI is InChI=1S/C17H14ClNO3/c1-10(15(20)11-6-8-12(18)9-7-11)17(22)13-4-2-3-5-14(13)19-16(17)21/h2-10,22H,1H3,(H,19,21)/t10-,17+/m0/s1. The third-order valence-electron chi connectivity index (χ3n) is 4.08. The molecule has 1 aliphatic rings. The molecule has 1 aliphatic heterocycles. The minimum atomic E-state index is -1.87. The molecule has 0 radical (unpaired) electrons. The number of fused-ring (bicyclic) bond motifs is 1. The Morgan fingerprint density at radius 1 is 1.18 bits per heavy atom. The number of para-hydroxylation sites is 1. The van der Waals surface area contributed by atoms with E-state index >= 15 is 0 Å². The van der Waals surface area contributed by atoms with Crippen LogP contribution >= 0.6 is 11.6 Å². The molecule has 0 unspecified atom stereocenters. The normalized spacial score (nSPS) is 21.1. The summed E-state index contributed by atoms with van der Waals surface area (Å²) in [5.41, 5.74) is -0.504. The number of halogens is 1. The van der Waals surface area contributed by atoms with Gasteiger partial charge in [-0.3, -0.25) is 9.59 Å². The lowest BCUT2D eigenvalue weighted by atomic mass is 9.79. The van der Waals surface area contributed by atoms with Crippen LogP contribution in [-0.4, -0.2) is 16.8 Å². The highest BCUT2D eigenvalue weighted by atomic mass is 35.5. The Hall–Kier alpha value is -2.17. The Morgan fingerprint density at radius 3 is 2.50 bits per heavy atom. The second kappa shape index (κ2) is 5.23. The minimum Gasteiger partial charge on any atom is -0.375 e. The Bertz CT molecular complexity index is 757. The van der Waals surface area contributed by atoms with Gasteiger partial charge in [-0.05, 0) is 30.3 Å². The Balaban J connectivity index is 2.00. The lowest BCUT2D eigenvalue weighted by Gasteiger charge is -2.27. The lowest BCUT2D eigenvalue weighted by Crippen LogP contribution is -2.44. The first-order chi connectivity index (χ1) is 10.4. The van der Waals surface area contributed by atoms with Gasteiger partial charge in [0, 0.05) is 21.8 Å². The van der Waals surface area contributed by atoms with Crippen molar-refractivity contribution < 1.29 is 14.7 Å². The number of carbonyl (C=O) groups excluding carboxylic acids is 2. The molecule has 5 heteroatoms. The first kappa shape index (κ1) is 14.8. The van der Waals surface area contributed by atoms with E-state index in [0.717, 1.165) is 0 Å². The van der Waals surface area contributed by atoms with Gasteiger partial charge in [0.1, 0.15) is 0 Å². The Morgan fingerprint density at radius 2 is 1.82 bits per heavy atom. The average molecular weight is 316 g/mol. The molecule has 4 nitrogen and oxygen atoms in total. The summed E-state index contributed by atoms with van der Waals surface area (Å²) in [6.45, 7) is 1.55. The molecule has 0 fully saturated rings. The monoisotopic (exact) mass is 315 g/mol. The van der Waals surface area contributed by atoms with Crippen LogP contribution in [-0.2, 0) is 10.4 Å². The summed E-state index contributed by atoms with van der Waals surface area (Å²) >= 11 is 5.82. The first-order valence-corrected chi connectivity index (χ1v) is 7.25. The van der Waals surface area contributed by atoms with Crippen molar-refractivity contribution in [2.24, 2.45) is 5.92 Å². The number of carbonyl (C=O) groups is 2. The quantitative estimate of drug-likeness (QED) is 0.856. The van der Waals surface area contributed by atoms with E-state index in [-0.39, 0.29) is 5.78 Å². The van der Waals surface area contributed by atoms with Gasteiger partial charge in [0.05, 0.1) is 5.92 Å². The summed E-state index contributed by atoms with van der Waals surface area (Å²) in [5, 5.41) is 14.1. The van der Waals surface area contributed by atoms with Gasteiger partial charge in [0.25, 0.3) is 5.91 Å². The molecule has 2 atom stereocenters. The zero-order chi connectivity index (χ0) is 15.9. The SMILES string of the molecule is C[C@@H](C(=O)c1ccc(Cl)cc1)[C@]1(O)C(=O)Nc2ccccc21. The van der Waals surface area contributed by atoms with Crippen molar-refractivity contribution in [3.05, 3.63) is 64.7 Å². The minimum absolute atomic E-state index is 0.314. The van der Waals surface area contributed by atoms with Gasteiger partial charge in [-0.25, -0.2) is 0 Å². The average Bonchev–Trinajstić information content (AvgIpc) is 2.79. The summed E-state index contributed by atoms with van der Waals surface area (Å²) in [4.78, 5) is 24.9. The molecule has 1 heterocycles. The maximum Gasteiger partial charge on any atom is 0.261 e. The first-order valence-electron chi connectivity index (χ1n) is 6.87. The van der Waals surface area contributed by atoms with Crippen LogP contribution in [0.4, 0.5) is 5.69 Å². The van der Waals surface area contributed by atoms with Crippen molar-refractivity contribution in [1.29, 1.82) is 0 Å². The largest absolute Gasteiger partial charge is 0.375 e. The number of ketones is 1. The van der Waals surface area contributed by atoms with E-state index < -0.39 is 17.4 Å². The van der Waals surface area contributed by atoms with Gasteiger partial charge in [-0.15, -0.1) is 0 Å². The van der Waals surface area contributed by atoms with Crippen LogP contribution < -0.4 is 5.32 Å². The van der Waals surface area contributed by atoms with Crippen LogP contribution in [0.15, 0.2) is 48.5 Å². The summed E-state index contributed by atoms with van der Waals surface area (Å²) in [6.07, 6.45) is 0. The van der Waals surface area contributed by atoms with E-state index in [0.29, 0.717) is 21.8 Å². The van der Waals surface area contributed by atoms with E-state index in [1.807, 2.05) is 0 Å². The molecule has 0 aromatic heterocycles. The molecular weight excluding hydrogens is 302 g/mol. The van der Waals surface area contributed by atoms with Gasteiger partial charge in [-0.1, -0.05) is 36.7 Å². The van der Waals surface area contributed by atoms with Crippen LogP contribution in [0.3, 0.4) is 0 Å². The number of Topliss-reactive ketones (excluding diaryl/α,β-unsaturated/α-hetero) is 1. The molecule has 0 bridgehead atoms. The Labute approximate surface area is 132 Å². The third kappa shape index (κ3) is 2.12. The smallest absolute Gasteiger partial charge is 0.261 e. The fraction of sp³-hybridized carbons (Fsp3) is 0.176. The number of nitrogens with one attached hydrogen (secondary N) is 1. The van der Waals surface area contributed by atoms with Crippen LogP contribution in [0.2, 0.25) is 5.02 Å². The van der Waals surface area contributed by atoms with Gasteiger partial charge in [-0.2, -0.15) is 0 Å². The summed E-state index contributed by atoms with van der Waals surface area (Å²) in [7, 11) is 0.